The Morgan fingerprint density at radius 3 is 2.63 bits per heavy atom. The van der Waals surface area contributed by atoms with Gasteiger partial charge in [0.15, 0.2) is 0 Å². The van der Waals surface area contributed by atoms with Crippen molar-refractivity contribution in [2.75, 3.05) is 24.2 Å². The SMILES string of the molecule is CNCCCC(=O)Nc1ccc(F)c(NC(C)=O)c1. The van der Waals surface area contributed by atoms with Gasteiger partial charge in [0, 0.05) is 19.0 Å². The lowest BCUT2D eigenvalue weighted by Crippen LogP contribution is -2.15. The molecule has 0 spiro atoms. The lowest BCUT2D eigenvalue weighted by atomic mass is 10.2. The van der Waals surface area contributed by atoms with Crippen LogP contribution in [-0.4, -0.2) is 25.4 Å². The Morgan fingerprint density at radius 2 is 2.00 bits per heavy atom. The number of rotatable bonds is 6. The normalized spacial score (nSPS) is 10.1. The maximum absolute atomic E-state index is 13.4. The van der Waals surface area contributed by atoms with E-state index in [1.54, 1.807) is 0 Å². The van der Waals surface area contributed by atoms with Crippen molar-refractivity contribution in [3.05, 3.63) is 24.0 Å². The Bertz CT molecular complexity index is 463. The fraction of sp³-hybridized carbons (Fsp3) is 0.385. The van der Waals surface area contributed by atoms with Crippen molar-refractivity contribution in [3.63, 3.8) is 0 Å². The standard InChI is InChI=1S/C13H18FN3O2/c1-9(18)16-12-8-10(5-6-11(12)14)17-13(19)4-3-7-15-2/h5-6,8,15H,3-4,7H2,1-2H3,(H,16,18)(H,17,19). The van der Waals surface area contributed by atoms with Crippen LogP contribution in [0.25, 0.3) is 0 Å². The predicted molar refractivity (Wildman–Crippen MR) is 72.5 cm³/mol. The summed E-state index contributed by atoms with van der Waals surface area (Å²) < 4.78 is 13.4. The van der Waals surface area contributed by atoms with Crippen LogP contribution in [0.5, 0.6) is 0 Å². The summed E-state index contributed by atoms with van der Waals surface area (Å²) in [6.45, 7) is 2.05. The van der Waals surface area contributed by atoms with E-state index in [9.17, 15) is 14.0 Å². The molecule has 19 heavy (non-hydrogen) atoms. The number of halogens is 1. The summed E-state index contributed by atoms with van der Waals surface area (Å²) in [5.74, 6) is -1.05. The number of benzene rings is 1. The predicted octanol–water partition coefficient (Wildman–Crippen LogP) is 1.72. The largest absolute Gasteiger partial charge is 0.326 e. The van der Waals surface area contributed by atoms with E-state index in [0.29, 0.717) is 12.1 Å². The van der Waals surface area contributed by atoms with Gasteiger partial charge >= 0.3 is 0 Å². The van der Waals surface area contributed by atoms with E-state index in [4.69, 9.17) is 0 Å². The van der Waals surface area contributed by atoms with Crippen LogP contribution in [0.4, 0.5) is 15.8 Å². The molecule has 0 heterocycles. The summed E-state index contributed by atoms with van der Waals surface area (Å²) in [6, 6.07) is 4.05. The molecule has 0 aliphatic rings. The summed E-state index contributed by atoms with van der Waals surface area (Å²) in [4.78, 5) is 22.5. The van der Waals surface area contributed by atoms with Gasteiger partial charge in [-0.2, -0.15) is 0 Å². The minimum Gasteiger partial charge on any atom is -0.326 e. The molecule has 0 aliphatic heterocycles. The second kappa shape index (κ2) is 7.48. The van der Waals surface area contributed by atoms with Gasteiger partial charge in [0.1, 0.15) is 5.82 Å². The van der Waals surface area contributed by atoms with Crippen LogP contribution < -0.4 is 16.0 Å². The molecule has 2 amide bonds. The van der Waals surface area contributed by atoms with Gasteiger partial charge in [-0.3, -0.25) is 9.59 Å². The van der Waals surface area contributed by atoms with Crippen LogP contribution >= 0.6 is 0 Å². The maximum atomic E-state index is 13.4. The molecule has 0 atom stereocenters. The van der Waals surface area contributed by atoms with Crippen molar-refractivity contribution in [2.45, 2.75) is 19.8 Å². The third-order valence-corrected chi connectivity index (χ3v) is 2.39. The summed E-state index contributed by atoms with van der Waals surface area (Å²) >= 11 is 0. The molecule has 1 aromatic carbocycles. The van der Waals surface area contributed by atoms with Gasteiger partial charge in [-0.15, -0.1) is 0 Å². The summed E-state index contributed by atoms with van der Waals surface area (Å²) in [6.07, 6.45) is 1.11. The zero-order valence-electron chi connectivity index (χ0n) is 11.0. The van der Waals surface area contributed by atoms with E-state index in [1.807, 2.05) is 7.05 Å². The van der Waals surface area contributed by atoms with Gasteiger partial charge in [0.2, 0.25) is 11.8 Å². The first-order valence-electron chi connectivity index (χ1n) is 6.04. The van der Waals surface area contributed by atoms with Crippen LogP contribution in [-0.2, 0) is 9.59 Å². The molecule has 0 aliphatic carbocycles. The lowest BCUT2D eigenvalue weighted by molar-refractivity contribution is -0.116. The number of carbonyl (C=O) groups excluding carboxylic acids is 2. The fourth-order valence-corrected chi connectivity index (χ4v) is 1.54. The minimum absolute atomic E-state index is 0.0560. The molecule has 3 N–H and O–H groups in total. The van der Waals surface area contributed by atoms with Crippen LogP contribution in [0.2, 0.25) is 0 Å². The molecule has 0 unspecified atom stereocenters. The molecular weight excluding hydrogens is 249 g/mol. The van der Waals surface area contributed by atoms with Crippen molar-refractivity contribution >= 4 is 23.2 Å². The van der Waals surface area contributed by atoms with Gasteiger partial charge in [-0.05, 0) is 38.2 Å². The molecule has 0 bridgehead atoms. The quantitative estimate of drug-likeness (QED) is 0.687. The Hall–Kier alpha value is -1.95. The molecule has 6 heteroatoms. The average Bonchev–Trinajstić information content (AvgIpc) is 2.33. The fourth-order valence-electron chi connectivity index (χ4n) is 1.54. The third kappa shape index (κ3) is 5.48. The molecular formula is C13H18FN3O2. The topological polar surface area (TPSA) is 70.2 Å². The highest BCUT2D eigenvalue weighted by molar-refractivity contribution is 5.93. The van der Waals surface area contributed by atoms with E-state index in [1.165, 1.54) is 25.1 Å². The molecule has 0 saturated carbocycles. The summed E-state index contributed by atoms with van der Waals surface area (Å²) in [7, 11) is 1.82. The lowest BCUT2D eigenvalue weighted by Gasteiger charge is -2.09. The smallest absolute Gasteiger partial charge is 0.224 e. The number of hydrogen-bond acceptors (Lipinski definition) is 3. The van der Waals surface area contributed by atoms with E-state index < -0.39 is 5.82 Å². The highest BCUT2D eigenvalue weighted by atomic mass is 19.1. The summed E-state index contributed by atoms with van der Waals surface area (Å²) in [5.41, 5.74) is 0.514. The van der Waals surface area contributed by atoms with Crippen LogP contribution in [0, 0.1) is 5.82 Å². The minimum atomic E-state index is -0.539. The Morgan fingerprint density at radius 1 is 1.26 bits per heavy atom. The van der Waals surface area contributed by atoms with Gasteiger partial charge < -0.3 is 16.0 Å². The van der Waals surface area contributed by atoms with Crippen molar-refractivity contribution in [1.29, 1.82) is 0 Å². The van der Waals surface area contributed by atoms with E-state index in [2.05, 4.69) is 16.0 Å². The van der Waals surface area contributed by atoms with Crippen molar-refractivity contribution in [3.8, 4) is 0 Å². The molecule has 104 valence electrons. The molecule has 1 rings (SSSR count). The highest BCUT2D eigenvalue weighted by Gasteiger charge is 2.07. The monoisotopic (exact) mass is 267 g/mol. The van der Waals surface area contributed by atoms with Crippen molar-refractivity contribution < 1.29 is 14.0 Å². The third-order valence-electron chi connectivity index (χ3n) is 2.39. The average molecular weight is 267 g/mol. The first kappa shape index (κ1) is 15.1. The molecule has 0 saturated heterocycles. The molecule has 5 nitrogen and oxygen atoms in total. The highest BCUT2D eigenvalue weighted by Crippen LogP contribution is 2.19. The van der Waals surface area contributed by atoms with E-state index in [-0.39, 0.29) is 17.5 Å². The second-order valence-electron chi connectivity index (χ2n) is 4.13. The number of carbonyl (C=O) groups is 2. The maximum Gasteiger partial charge on any atom is 0.224 e. The zero-order chi connectivity index (χ0) is 14.3. The van der Waals surface area contributed by atoms with E-state index >= 15 is 0 Å². The second-order valence-corrected chi connectivity index (χ2v) is 4.13. The number of hydrogen-bond donors (Lipinski definition) is 3. The summed E-state index contributed by atoms with van der Waals surface area (Å²) in [5, 5.41) is 7.97. The van der Waals surface area contributed by atoms with Gasteiger partial charge in [0.25, 0.3) is 0 Å². The Kier molecular flexibility index (Phi) is 5.95. The van der Waals surface area contributed by atoms with Gasteiger partial charge in [0.05, 0.1) is 5.69 Å². The van der Waals surface area contributed by atoms with Crippen molar-refractivity contribution in [1.82, 2.24) is 5.32 Å². The number of anilines is 2. The van der Waals surface area contributed by atoms with Gasteiger partial charge in [-0.1, -0.05) is 0 Å². The molecule has 0 aromatic heterocycles. The van der Waals surface area contributed by atoms with Crippen LogP contribution in [0.1, 0.15) is 19.8 Å². The number of nitrogens with one attached hydrogen (secondary N) is 3. The molecule has 1 aromatic rings. The van der Waals surface area contributed by atoms with Crippen LogP contribution in [0.3, 0.4) is 0 Å². The molecule has 0 radical (unpaired) electrons. The van der Waals surface area contributed by atoms with E-state index in [0.717, 1.165) is 13.0 Å². The number of amides is 2. The van der Waals surface area contributed by atoms with Crippen molar-refractivity contribution in [2.24, 2.45) is 0 Å². The Labute approximate surface area is 111 Å². The first-order chi connectivity index (χ1) is 9.02. The zero-order valence-corrected chi connectivity index (χ0v) is 11.0. The molecule has 0 fully saturated rings. The Balaban J connectivity index is 2.63. The van der Waals surface area contributed by atoms with Gasteiger partial charge in [-0.25, -0.2) is 4.39 Å². The van der Waals surface area contributed by atoms with Crippen LogP contribution in [0.15, 0.2) is 18.2 Å². The first-order valence-corrected chi connectivity index (χ1v) is 6.04.